The molecule has 4 nitrogen and oxygen atoms in total. The maximum Gasteiger partial charge on any atom is 0.247 e. The molecule has 1 heterocycles. The molecule has 1 saturated heterocycles. The van der Waals surface area contributed by atoms with Crippen molar-refractivity contribution in [2.24, 2.45) is 0 Å². The van der Waals surface area contributed by atoms with Crippen molar-refractivity contribution in [1.82, 2.24) is 10.2 Å². The highest BCUT2D eigenvalue weighted by Gasteiger charge is 2.34. The first kappa shape index (κ1) is 18.5. The van der Waals surface area contributed by atoms with Gasteiger partial charge in [-0.05, 0) is 41.7 Å². The summed E-state index contributed by atoms with van der Waals surface area (Å²) in [7, 11) is 0. The number of amides is 2. The van der Waals surface area contributed by atoms with Crippen LogP contribution in [0.1, 0.15) is 36.1 Å². The molecule has 0 aromatic heterocycles. The van der Waals surface area contributed by atoms with E-state index in [1.165, 1.54) is 5.56 Å². The summed E-state index contributed by atoms with van der Waals surface area (Å²) in [4.78, 5) is 26.9. The van der Waals surface area contributed by atoms with Crippen LogP contribution in [0.5, 0.6) is 0 Å². The molecule has 2 amide bonds. The smallest absolute Gasteiger partial charge is 0.247 e. The molecule has 0 radical (unpaired) electrons. The minimum Gasteiger partial charge on any atom is -0.352 e. The third kappa shape index (κ3) is 4.25. The summed E-state index contributed by atoms with van der Waals surface area (Å²) in [5.41, 5.74) is 3.17. The van der Waals surface area contributed by atoms with Crippen LogP contribution in [-0.4, -0.2) is 29.8 Å². The summed E-state index contributed by atoms with van der Waals surface area (Å²) in [5, 5.41) is 3.40. The van der Waals surface area contributed by atoms with Crippen molar-refractivity contribution in [3.63, 3.8) is 0 Å². The molecule has 1 fully saturated rings. The molecular formula is C21H23ClN2O2. The largest absolute Gasteiger partial charge is 0.352 e. The van der Waals surface area contributed by atoms with E-state index >= 15 is 0 Å². The van der Waals surface area contributed by atoms with Crippen LogP contribution in [0.25, 0.3) is 0 Å². The second-order valence-corrected chi connectivity index (χ2v) is 6.94. The quantitative estimate of drug-likeness (QED) is 0.875. The summed E-state index contributed by atoms with van der Waals surface area (Å²) in [5.74, 6) is -0.163. The number of benzene rings is 2. The van der Waals surface area contributed by atoms with Crippen molar-refractivity contribution < 1.29 is 9.59 Å². The van der Waals surface area contributed by atoms with E-state index in [1.54, 1.807) is 23.1 Å². The molecule has 2 aromatic carbocycles. The first-order valence-electron chi connectivity index (χ1n) is 8.99. The third-order valence-electron chi connectivity index (χ3n) is 4.76. The van der Waals surface area contributed by atoms with E-state index < -0.39 is 6.04 Å². The van der Waals surface area contributed by atoms with Gasteiger partial charge >= 0.3 is 0 Å². The third-order valence-corrected chi connectivity index (χ3v) is 4.99. The van der Waals surface area contributed by atoms with Crippen LogP contribution >= 0.6 is 11.6 Å². The highest BCUT2D eigenvalue weighted by molar-refractivity contribution is 6.30. The van der Waals surface area contributed by atoms with Crippen molar-refractivity contribution in [2.45, 2.75) is 32.2 Å². The molecule has 5 heteroatoms. The zero-order chi connectivity index (χ0) is 18.5. The zero-order valence-electron chi connectivity index (χ0n) is 14.9. The lowest BCUT2D eigenvalue weighted by atomic mass is 10.0. The highest BCUT2D eigenvalue weighted by atomic mass is 35.5. The van der Waals surface area contributed by atoms with E-state index in [2.05, 4.69) is 36.5 Å². The van der Waals surface area contributed by atoms with Gasteiger partial charge in [0.15, 0.2) is 0 Å². The lowest BCUT2D eigenvalue weighted by molar-refractivity contribution is -0.143. The molecule has 0 aliphatic carbocycles. The highest BCUT2D eigenvalue weighted by Crippen LogP contribution is 2.26. The number of halogens is 1. The molecule has 1 N–H and O–H groups in total. The number of aryl methyl sites for hydroxylation is 2. The SMILES string of the molecule is CCc1ccc(CCC(=O)N2CCNC(=O)C2c2cccc(Cl)c2)cc1. The molecule has 1 atom stereocenters. The molecule has 2 aromatic rings. The maximum absolute atomic E-state index is 12.8. The van der Waals surface area contributed by atoms with Gasteiger partial charge in [0.1, 0.15) is 6.04 Å². The molecule has 1 aliphatic rings. The van der Waals surface area contributed by atoms with Crippen LogP contribution in [0.15, 0.2) is 48.5 Å². The number of piperazine rings is 1. The predicted molar refractivity (Wildman–Crippen MR) is 103 cm³/mol. The van der Waals surface area contributed by atoms with Gasteiger partial charge in [-0.25, -0.2) is 0 Å². The number of carbonyl (C=O) groups is 2. The second-order valence-electron chi connectivity index (χ2n) is 6.51. The topological polar surface area (TPSA) is 49.4 Å². The molecule has 1 aliphatic heterocycles. The first-order chi connectivity index (χ1) is 12.6. The Kier molecular flexibility index (Phi) is 5.94. The van der Waals surface area contributed by atoms with Gasteiger partial charge in [-0.2, -0.15) is 0 Å². The fraction of sp³-hybridized carbons (Fsp3) is 0.333. The zero-order valence-corrected chi connectivity index (χ0v) is 15.6. The summed E-state index contributed by atoms with van der Waals surface area (Å²) in [6.45, 7) is 3.11. The molecule has 3 rings (SSSR count). The van der Waals surface area contributed by atoms with Gasteiger partial charge in [-0.1, -0.05) is 54.9 Å². The van der Waals surface area contributed by atoms with Gasteiger partial charge in [0.05, 0.1) is 0 Å². The van der Waals surface area contributed by atoms with Gasteiger partial charge in [-0.3, -0.25) is 9.59 Å². The fourth-order valence-electron chi connectivity index (χ4n) is 3.28. The minimum absolute atomic E-state index is 0.00982. The van der Waals surface area contributed by atoms with Crippen molar-refractivity contribution in [2.75, 3.05) is 13.1 Å². The number of hydrogen-bond acceptors (Lipinski definition) is 2. The number of hydrogen-bond donors (Lipinski definition) is 1. The summed E-state index contributed by atoms with van der Waals surface area (Å²) < 4.78 is 0. The summed E-state index contributed by atoms with van der Waals surface area (Å²) in [6, 6.07) is 14.9. The lowest BCUT2D eigenvalue weighted by Gasteiger charge is -2.35. The molecular weight excluding hydrogens is 348 g/mol. The van der Waals surface area contributed by atoms with Crippen LogP contribution in [0, 0.1) is 0 Å². The Morgan fingerprint density at radius 3 is 2.62 bits per heavy atom. The van der Waals surface area contributed by atoms with Crippen molar-refractivity contribution in [3.05, 3.63) is 70.2 Å². The fourth-order valence-corrected chi connectivity index (χ4v) is 3.48. The molecule has 136 valence electrons. The monoisotopic (exact) mass is 370 g/mol. The van der Waals surface area contributed by atoms with Gasteiger partial charge in [0, 0.05) is 24.5 Å². The van der Waals surface area contributed by atoms with Gasteiger partial charge in [0.25, 0.3) is 0 Å². The van der Waals surface area contributed by atoms with Gasteiger partial charge in [0.2, 0.25) is 11.8 Å². The first-order valence-corrected chi connectivity index (χ1v) is 9.36. The summed E-state index contributed by atoms with van der Waals surface area (Å²) >= 11 is 6.07. The Hall–Kier alpha value is -2.33. The Labute approximate surface area is 159 Å². The molecule has 1 unspecified atom stereocenters. The average molecular weight is 371 g/mol. The Morgan fingerprint density at radius 1 is 1.19 bits per heavy atom. The van der Waals surface area contributed by atoms with E-state index in [0.29, 0.717) is 31.0 Å². The van der Waals surface area contributed by atoms with Crippen molar-refractivity contribution in [3.8, 4) is 0 Å². The van der Waals surface area contributed by atoms with Crippen LogP contribution in [0.4, 0.5) is 0 Å². The normalized spacial score (nSPS) is 17.1. The van der Waals surface area contributed by atoms with Crippen molar-refractivity contribution >= 4 is 23.4 Å². The second kappa shape index (κ2) is 8.37. The lowest BCUT2D eigenvalue weighted by Crippen LogP contribution is -2.52. The molecule has 0 saturated carbocycles. The van der Waals surface area contributed by atoms with Crippen molar-refractivity contribution in [1.29, 1.82) is 0 Å². The van der Waals surface area contributed by atoms with E-state index in [1.807, 2.05) is 6.07 Å². The maximum atomic E-state index is 12.8. The van der Waals surface area contributed by atoms with Crippen LogP contribution < -0.4 is 5.32 Å². The molecule has 0 bridgehead atoms. The predicted octanol–water partition coefficient (Wildman–Crippen LogP) is 3.53. The van der Waals surface area contributed by atoms with E-state index in [9.17, 15) is 9.59 Å². The molecule has 26 heavy (non-hydrogen) atoms. The van der Waals surface area contributed by atoms with Crippen LogP contribution in [0.3, 0.4) is 0 Å². The molecule has 0 spiro atoms. The van der Waals surface area contributed by atoms with Gasteiger partial charge in [-0.15, -0.1) is 0 Å². The Morgan fingerprint density at radius 2 is 1.92 bits per heavy atom. The van der Waals surface area contributed by atoms with E-state index in [4.69, 9.17) is 11.6 Å². The number of nitrogens with zero attached hydrogens (tertiary/aromatic N) is 1. The number of nitrogens with one attached hydrogen (secondary N) is 1. The van der Waals surface area contributed by atoms with Gasteiger partial charge < -0.3 is 10.2 Å². The van der Waals surface area contributed by atoms with Crippen LogP contribution in [-0.2, 0) is 22.4 Å². The van der Waals surface area contributed by atoms with E-state index in [-0.39, 0.29) is 11.8 Å². The number of rotatable bonds is 5. The Bertz CT molecular complexity index is 789. The Balaban J connectivity index is 1.72. The standard InChI is InChI=1S/C21H23ClN2O2/c1-2-15-6-8-16(9-7-15)10-11-19(25)24-13-12-23-21(26)20(24)17-4-3-5-18(22)14-17/h3-9,14,20H,2,10-13H2,1H3,(H,23,26). The van der Waals surface area contributed by atoms with Crippen LogP contribution in [0.2, 0.25) is 5.02 Å². The minimum atomic E-state index is -0.614. The average Bonchev–Trinajstić information content (AvgIpc) is 2.66. The van der Waals surface area contributed by atoms with E-state index in [0.717, 1.165) is 17.5 Å². The number of carbonyl (C=O) groups excluding carboxylic acids is 2. The summed E-state index contributed by atoms with van der Waals surface area (Å²) in [6.07, 6.45) is 2.06.